The number of thiazole rings is 1. The molecule has 6 atom stereocenters. The molecule has 0 amide bonds. The number of hydrogen-bond acceptors (Lipinski definition) is 16. The minimum atomic E-state index is -4.99. The van der Waals surface area contributed by atoms with E-state index >= 15 is 0 Å². The van der Waals surface area contributed by atoms with Gasteiger partial charge in [0.2, 0.25) is 5.90 Å². The number of anilines is 1. The molecular weight excluding hydrogens is 573 g/mol. The molecule has 210 valence electrons. The molecule has 5 heterocycles. The van der Waals surface area contributed by atoms with Gasteiger partial charge in [-0.15, -0.1) is 11.3 Å². The maximum Gasteiger partial charge on any atom is 0.529 e. The third-order valence-electron chi connectivity index (χ3n) is 6.08. The fraction of sp³-hybridized carbons (Fsp3) is 0.333. The number of nitrogens with two attached hydrogens (primary N) is 1. The van der Waals surface area contributed by atoms with E-state index in [0.717, 1.165) is 0 Å². The molecule has 2 aliphatic heterocycles. The van der Waals surface area contributed by atoms with Crippen molar-refractivity contribution in [2.45, 2.75) is 30.6 Å². The van der Waals surface area contributed by atoms with Gasteiger partial charge in [-0.2, -0.15) is 0 Å². The van der Waals surface area contributed by atoms with Crippen LogP contribution in [-0.2, 0) is 27.9 Å². The number of aliphatic imine (C=N–C) groups is 1. The molecule has 4 aromatic rings. The molecule has 40 heavy (non-hydrogen) atoms. The summed E-state index contributed by atoms with van der Waals surface area (Å²) in [7, 11) is -4.99. The third-order valence-corrected chi connectivity index (χ3v) is 7.98. The van der Waals surface area contributed by atoms with Crippen molar-refractivity contribution >= 4 is 58.2 Å². The molecule has 6 N–H and O–H groups in total. The summed E-state index contributed by atoms with van der Waals surface area (Å²) in [5, 5.41) is 30.9. The van der Waals surface area contributed by atoms with Gasteiger partial charge in [-0.3, -0.25) is 14.0 Å². The predicted molar refractivity (Wildman–Crippen MR) is 135 cm³/mol. The minimum Gasteiger partial charge on any atom is -0.508 e. The van der Waals surface area contributed by atoms with Gasteiger partial charge in [-0.05, 0) is 18.2 Å². The molecule has 2 aliphatic rings. The molecule has 6 rings (SSSR count). The number of aliphatic hydroxyl groups excluding tert-OH is 2. The number of phenols is 1. The number of nitrogens with zero attached hydrogens (tertiary/aromatic N) is 6. The number of ether oxygens (including phenoxy) is 2. The quantitative estimate of drug-likeness (QED) is 0.175. The molecule has 0 aliphatic carbocycles. The van der Waals surface area contributed by atoms with Crippen LogP contribution < -0.4 is 5.73 Å². The fourth-order valence-electron chi connectivity index (χ4n) is 4.14. The standard InChI is InChI=1S/C21H20N7O10PS/c22-16-13-17(24-6-23-16)28(7-25-13)20-15(31)14(30)11(37-20)5-36-39(33,34)38-21(32)10-4-35-18(26-10)19-27-9-2-1-8(29)3-12(9)40-19/h1-3,6-7,10-11,14-15,20,29-31H,4-5H2,(H,33,34)(H2,22,23,24)/t10?,11?,14-,15-,20-/m1/s1. The average molecular weight is 593 g/mol. The number of carbonyl (C=O) groups excluding carboxylic acids is 1. The molecule has 0 radical (unpaired) electrons. The number of phosphoric acid groups is 1. The van der Waals surface area contributed by atoms with Crippen LogP contribution >= 0.6 is 19.2 Å². The summed E-state index contributed by atoms with van der Waals surface area (Å²) in [6, 6.07) is 3.34. The summed E-state index contributed by atoms with van der Waals surface area (Å²) in [5.74, 6) is -0.984. The number of fused-ring (bicyclic) bond motifs is 2. The van der Waals surface area contributed by atoms with Crippen molar-refractivity contribution in [1.29, 1.82) is 0 Å². The molecule has 17 nitrogen and oxygen atoms in total. The first-order valence-electron chi connectivity index (χ1n) is 11.6. The number of aromatic hydroxyl groups is 1. The largest absolute Gasteiger partial charge is 0.529 e. The van der Waals surface area contributed by atoms with Crippen LogP contribution in [-0.4, -0.2) is 94.2 Å². The van der Waals surface area contributed by atoms with E-state index in [4.69, 9.17) is 19.7 Å². The molecule has 3 aromatic heterocycles. The number of rotatable bonds is 7. The SMILES string of the molecule is Nc1ncnc2c1ncn2[C@@H]1OC(COP(=O)(O)OC(=O)C2COC(c3nc4ccc(O)cc4s3)=N2)[C@@H](O)[C@H]1O. The Kier molecular flexibility index (Phi) is 6.62. The van der Waals surface area contributed by atoms with Crippen molar-refractivity contribution in [3.8, 4) is 5.75 Å². The second-order valence-electron chi connectivity index (χ2n) is 8.74. The Hall–Kier alpha value is -3.77. The van der Waals surface area contributed by atoms with Crippen molar-refractivity contribution in [3.05, 3.63) is 35.9 Å². The van der Waals surface area contributed by atoms with Crippen LogP contribution in [0.2, 0.25) is 0 Å². The molecular formula is C21H20N7O10PS. The first-order valence-corrected chi connectivity index (χ1v) is 13.9. The van der Waals surface area contributed by atoms with E-state index in [1.54, 1.807) is 6.07 Å². The van der Waals surface area contributed by atoms with Gasteiger partial charge in [0.05, 0.1) is 23.2 Å². The lowest BCUT2D eigenvalue weighted by molar-refractivity contribution is -0.138. The van der Waals surface area contributed by atoms with Gasteiger partial charge in [-0.1, -0.05) is 0 Å². The van der Waals surface area contributed by atoms with E-state index < -0.39 is 51.0 Å². The number of aliphatic hydroxyl groups is 2. The topological polar surface area (TPSA) is 247 Å². The summed E-state index contributed by atoms with van der Waals surface area (Å²) in [5.41, 5.74) is 6.84. The van der Waals surface area contributed by atoms with Crippen LogP contribution in [0.1, 0.15) is 11.2 Å². The third kappa shape index (κ3) is 4.86. The normalized spacial score (nSPS) is 26.1. The maximum atomic E-state index is 12.5. The Balaban J connectivity index is 1.08. The van der Waals surface area contributed by atoms with Crippen molar-refractivity contribution < 1.29 is 48.1 Å². The van der Waals surface area contributed by atoms with Crippen LogP contribution in [0.5, 0.6) is 5.75 Å². The number of phenolic OH excluding ortho intramolecular Hbond substituents is 1. The number of imidazole rings is 1. The number of benzene rings is 1. The minimum absolute atomic E-state index is 0.0397. The van der Waals surface area contributed by atoms with Crippen LogP contribution in [0.25, 0.3) is 21.4 Å². The fourth-order valence-corrected chi connectivity index (χ4v) is 5.82. The summed E-state index contributed by atoms with van der Waals surface area (Å²) < 4.78 is 35.0. The molecule has 0 bridgehead atoms. The maximum absolute atomic E-state index is 12.5. The summed E-state index contributed by atoms with van der Waals surface area (Å²) >= 11 is 1.17. The van der Waals surface area contributed by atoms with Crippen molar-refractivity contribution in [2.75, 3.05) is 18.9 Å². The molecule has 1 fully saturated rings. The first kappa shape index (κ1) is 26.5. The first-order chi connectivity index (χ1) is 19.1. The van der Waals surface area contributed by atoms with E-state index in [2.05, 4.69) is 29.5 Å². The lowest BCUT2D eigenvalue weighted by Crippen LogP contribution is -2.33. The average Bonchev–Trinajstić information content (AvgIpc) is 3.69. The van der Waals surface area contributed by atoms with E-state index in [9.17, 15) is 29.6 Å². The number of carbonyl (C=O) groups is 1. The number of nitrogen functional groups attached to an aromatic ring is 1. The number of hydrogen-bond donors (Lipinski definition) is 5. The molecule has 1 saturated heterocycles. The van der Waals surface area contributed by atoms with Gasteiger partial charge in [0, 0.05) is 0 Å². The van der Waals surface area contributed by atoms with Crippen LogP contribution in [0.4, 0.5) is 5.82 Å². The highest BCUT2D eigenvalue weighted by molar-refractivity contribution is 7.48. The van der Waals surface area contributed by atoms with E-state index in [1.807, 2.05) is 0 Å². The monoisotopic (exact) mass is 593 g/mol. The van der Waals surface area contributed by atoms with E-state index in [0.29, 0.717) is 15.2 Å². The Morgan fingerprint density at radius 2 is 2.08 bits per heavy atom. The highest BCUT2D eigenvalue weighted by Crippen LogP contribution is 2.45. The molecule has 1 aromatic carbocycles. The number of phosphoric ester groups is 1. The Morgan fingerprint density at radius 1 is 1.25 bits per heavy atom. The van der Waals surface area contributed by atoms with Crippen LogP contribution in [0.15, 0.2) is 35.8 Å². The van der Waals surface area contributed by atoms with E-state index in [-0.39, 0.29) is 35.2 Å². The molecule has 3 unspecified atom stereocenters. The van der Waals surface area contributed by atoms with Gasteiger partial charge in [0.15, 0.2) is 28.7 Å². The van der Waals surface area contributed by atoms with Gasteiger partial charge in [-0.25, -0.2) is 34.3 Å². The van der Waals surface area contributed by atoms with Crippen molar-refractivity contribution in [2.24, 2.45) is 4.99 Å². The highest BCUT2D eigenvalue weighted by atomic mass is 32.1. The van der Waals surface area contributed by atoms with Crippen molar-refractivity contribution in [1.82, 2.24) is 24.5 Å². The molecule has 19 heteroatoms. The smallest absolute Gasteiger partial charge is 0.508 e. The predicted octanol–water partition coefficient (Wildman–Crippen LogP) is -0.151. The zero-order valence-electron chi connectivity index (χ0n) is 20.0. The molecule has 0 spiro atoms. The zero-order chi connectivity index (χ0) is 28.2. The Bertz CT molecular complexity index is 1690. The van der Waals surface area contributed by atoms with Gasteiger partial charge >= 0.3 is 13.8 Å². The van der Waals surface area contributed by atoms with Gasteiger partial charge in [0.25, 0.3) is 0 Å². The molecule has 0 saturated carbocycles. The summed E-state index contributed by atoms with van der Waals surface area (Å²) in [6.45, 7) is -0.978. The van der Waals surface area contributed by atoms with Gasteiger partial charge in [0.1, 0.15) is 42.5 Å². The lowest BCUT2D eigenvalue weighted by atomic mass is 10.1. The second kappa shape index (κ2) is 10.0. The highest BCUT2D eigenvalue weighted by Gasteiger charge is 2.46. The Morgan fingerprint density at radius 3 is 2.90 bits per heavy atom. The zero-order valence-corrected chi connectivity index (χ0v) is 21.8. The summed E-state index contributed by atoms with van der Waals surface area (Å²) in [4.78, 5) is 43.0. The van der Waals surface area contributed by atoms with E-state index in [1.165, 1.54) is 40.7 Å². The van der Waals surface area contributed by atoms with Crippen molar-refractivity contribution in [3.63, 3.8) is 0 Å². The second-order valence-corrected chi connectivity index (χ2v) is 11.1. The Labute approximate surface area is 227 Å². The lowest BCUT2D eigenvalue weighted by Gasteiger charge is -2.17. The van der Waals surface area contributed by atoms with Crippen LogP contribution in [0.3, 0.4) is 0 Å². The van der Waals surface area contributed by atoms with Gasteiger partial charge < -0.3 is 35.1 Å². The van der Waals surface area contributed by atoms with Crippen LogP contribution in [0, 0.1) is 0 Å². The number of aromatic nitrogens is 5. The summed E-state index contributed by atoms with van der Waals surface area (Å²) in [6.07, 6.45) is -3.01.